The quantitative estimate of drug-likeness (QED) is 0.573. The number of carbonyl (C=O) groups excluding carboxylic acids is 3. The second kappa shape index (κ2) is 7.41. The number of ether oxygens (including phenoxy) is 2. The molecule has 22 heavy (non-hydrogen) atoms. The van der Waals surface area contributed by atoms with Crippen LogP contribution in [0, 0.1) is 0 Å². The van der Waals surface area contributed by atoms with Crippen molar-refractivity contribution in [1.29, 1.82) is 0 Å². The molecule has 0 unspecified atom stereocenters. The summed E-state index contributed by atoms with van der Waals surface area (Å²) in [6, 6.07) is 4.47. The number of rotatable bonds is 5. The lowest BCUT2D eigenvalue weighted by Crippen LogP contribution is -2.36. The van der Waals surface area contributed by atoms with Crippen LogP contribution in [0.2, 0.25) is 0 Å². The van der Waals surface area contributed by atoms with Gasteiger partial charge in [-0.1, -0.05) is 12.1 Å². The summed E-state index contributed by atoms with van der Waals surface area (Å²) in [5, 5.41) is 1.65. The number of esters is 1. The van der Waals surface area contributed by atoms with E-state index in [1.54, 1.807) is 5.32 Å². The molecule has 1 aromatic carbocycles. The molecule has 0 radical (unpaired) electrons. The molecule has 0 saturated carbocycles. The second-order valence-electron chi connectivity index (χ2n) is 4.03. The van der Waals surface area contributed by atoms with E-state index in [4.69, 9.17) is 4.74 Å². The zero-order valence-corrected chi connectivity index (χ0v) is 12.4. The number of primary amides is 1. The molecule has 0 aromatic heterocycles. The smallest absolute Gasteiger partial charge is 0.415 e. The monoisotopic (exact) mass is 330 g/mol. The highest BCUT2D eigenvalue weighted by molar-refractivity contribution is 7.90. The van der Waals surface area contributed by atoms with E-state index in [2.05, 4.69) is 10.5 Å². The van der Waals surface area contributed by atoms with Gasteiger partial charge in [0.25, 0.3) is 0 Å². The fourth-order valence-electron chi connectivity index (χ4n) is 1.44. The third kappa shape index (κ3) is 5.40. The molecular formula is C12H14N2O7S. The molecule has 0 aliphatic rings. The maximum absolute atomic E-state index is 11.8. The van der Waals surface area contributed by atoms with Gasteiger partial charge < -0.3 is 15.2 Å². The van der Waals surface area contributed by atoms with Crippen LogP contribution < -0.4 is 11.1 Å². The Morgan fingerprint density at radius 1 is 1.14 bits per heavy atom. The van der Waals surface area contributed by atoms with Crippen molar-refractivity contribution in [2.75, 3.05) is 19.5 Å². The molecule has 3 N–H and O–H groups in total. The lowest BCUT2D eigenvalue weighted by atomic mass is 10.2. The van der Waals surface area contributed by atoms with Crippen LogP contribution >= 0.6 is 0 Å². The number of amides is 3. The molecule has 120 valence electrons. The molecule has 1 aromatic rings. The summed E-state index contributed by atoms with van der Waals surface area (Å²) >= 11 is 0. The largest absolute Gasteiger partial charge is 0.458 e. The number of nitrogens with two attached hydrogens (primary N) is 1. The van der Waals surface area contributed by atoms with Crippen LogP contribution in [0.5, 0.6) is 0 Å². The lowest BCUT2D eigenvalue weighted by Gasteiger charge is -2.08. The first kappa shape index (κ1) is 17.4. The molecule has 0 aliphatic heterocycles. The van der Waals surface area contributed by atoms with E-state index < -0.39 is 27.9 Å². The molecule has 9 nitrogen and oxygen atoms in total. The molecular weight excluding hydrogens is 316 g/mol. The van der Waals surface area contributed by atoms with Crippen molar-refractivity contribution in [2.24, 2.45) is 5.73 Å². The number of hydrogen-bond donors (Lipinski definition) is 2. The average Bonchev–Trinajstić information content (AvgIpc) is 2.41. The fraction of sp³-hybridized carbons (Fsp3) is 0.250. The predicted octanol–water partition coefficient (Wildman–Crippen LogP) is 0.0518. The minimum Gasteiger partial charge on any atom is -0.458 e. The molecule has 0 spiro atoms. The van der Waals surface area contributed by atoms with E-state index in [1.807, 2.05) is 0 Å². The standard InChI is InChI=1S/C12H14N2O7S/c1-22(18,19)9-5-3-2-4-8(9)10(15)20-6-7-21-12(17)14-11(13)16/h2-5H,6-7H2,1H3,(H3,13,14,16,17). The molecule has 0 atom stereocenters. The van der Waals surface area contributed by atoms with Crippen molar-refractivity contribution in [3.63, 3.8) is 0 Å². The Labute approximate surface area is 126 Å². The van der Waals surface area contributed by atoms with Crippen molar-refractivity contribution in [3.05, 3.63) is 29.8 Å². The molecule has 0 aliphatic carbocycles. The van der Waals surface area contributed by atoms with Crippen molar-refractivity contribution < 1.29 is 32.3 Å². The predicted molar refractivity (Wildman–Crippen MR) is 73.9 cm³/mol. The van der Waals surface area contributed by atoms with E-state index in [9.17, 15) is 22.8 Å². The normalized spacial score (nSPS) is 10.6. The summed E-state index contributed by atoms with van der Waals surface area (Å²) in [4.78, 5) is 32.9. The topological polar surface area (TPSA) is 142 Å². The van der Waals surface area contributed by atoms with Crippen LogP contribution in [0.1, 0.15) is 10.4 Å². The second-order valence-corrected chi connectivity index (χ2v) is 6.01. The van der Waals surface area contributed by atoms with Gasteiger partial charge >= 0.3 is 18.1 Å². The lowest BCUT2D eigenvalue weighted by molar-refractivity contribution is 0.0399. The minimum atomic E-state index is -3.58. The van der Waals surface area contributed by atoms with Gasteiger partial charge in [-0.15, -0.1) is 0 Å². The van der Waals surface area contributed by atoms with Crippen LogP contribution in [0.3, 0.4) is 0 Å². The van der Waals surface area contributed by atoms with Crippen molar-refractivity contribution >= 4 is 27.9 Å². The highest BCUT2D eigenvalue weighted by Crippen LogP contribution is 2.16. The number of imide groups is 1. The van der Waals surface area contributed by atoms with Crippen LogP contribution in [-0.2, 0) is 19.3 Å². The van der Waals surface area contributed by atoms with E-state index in [0.29, 0.717) is 0 Å². The van der Waals surface area contributed by atoms with Crippen molar-refractivity contribution in [3.8, 4) is 0 Å². The van der Waals surface area contributed by atoms with Gasteiger partial charge in [0.2, 0.25) is 0 Å². The van der Waals surface area contributed by atoms with Gasteiger partial charge in [-0.3, -0.25) is 0 Å². The summed E-state index contributed by atoms with van der Waals surface area (Å²) in [6.07, 6.45) is -0.115. The van der Waals surface area contributed by atoms with Crippen LogP contribution in [0.15, 0.2) is 29.2 Å². The molecule has 0 bridgehead atoms. The molecule has 1 rings (SSSR count). The first-order valence-electron chi connectivity index (χ1n) is 5.91. The number of urea groups is 1. The zero-order valence-electron chi connectivity index (χ0n) is 11.6. The third-order valence-corrected chi connectivity index (χ3v) is 3.44. The third-order valence-electron chi connectivity index (χ3n) is 2.28. The Morgan fingerprint density at radius 2 is 1.73 bits per heavy atom. The molecule has 10 heteroatoms. The van der Waals surface area contributed by atoms with Crippen molar-refractivity contribution in [2.45, 2.75) is 4.90 Å². The Hall–Kier alpha value is -2.62. The summed E-state index contributed by atoms with van der Waals surface area (Å²) in [5.41, 5.74) is 4.57. The SMILES string of the molecule is CS(=O)(=O)c1ccccc1C(=O)OCCOC(=O)NC(N)=O. The highest BCUT2D eigenvalue weighted by atomic mass is 32.2. The van der Waals surface area contributed by atoms with Gasteiger partial charge in [0.1, 0.15) is 13.2 Å². The Morgan fingerprint density at radius 3 is 2.32 bits per heavy atom. The molecule has 0 fully saturated rings. The maximum atomic E-state index is 11.8. The number of benzene rings is 1. The number of alkyl carbamates (subject to hydrolysis) is 1. The highest BCUT2D eigenvalue weighted by Gasteiger charge is 2.19. The number of nitrogens with one attached hydrogen (secondary N) is 1. The fourth-order valence-corrected chi connectivity index (χ4v) is 2.32. The number of carbonyl (C=O) groups is 3. The molecule has 0 saturated heterocycles. The first-order chi connectivity index (χ1) is 10.2. The van der Waals surface area contributed by atoms with E-state index in [-0.39, 0.29) is 23.7 Å². The maximum Gasteiger partial charge on any atom is 0.415 e. The van der Waals surface area contributed by atoms with Gasteiger partial charge in [0.15, 0.2) is 9.84 Å². The van der Waals surface area contributed by atoms with Crippen molar-refractivity contribution in [1.82, 2.24) is 5.32 Å². The minimum absolute atomic E-state index is 0.119. The first-order valence-corrected chi connectivity index (χ1v) is 7.80. The van der Waals surface area contributed by atoms with Gasteiger partial charge in [-0.2, -0.15) is 0 Å². The summed E-state index contributed by atoms with van der Waals surface area (Å²) in [7, 11) is -3.58. The summed E-state index contributed by atoms with van der Waals surface area (Å²) in [6.45, 7) is -0.644. The molecule has 0 heterocycles. The number of hydrogen-bond acceptors (Lipinski definition) is 7. The van der Waals surface area contributed by atoms with Crippen LogP contribution in [0.4, 0.5) is 9.59 Å². The van der Waals surface area contributed by atoms with Gasteiger partial charge in [-0.25, -0.2) is 28.1 Å². The Kier molecular flexibility index (Phi) is 5.87. The van der Waals surface area contributed by atoms with Crippen LogP contribution in [0.25, 0.3) is 0 Å². The van der Waals surface area contributed by atoms with Gasteiger partial charge in [-0.05, 0) is 12.1 Å². The average molecular weight is 330 g/mol. The van der Waals surface area contributed by atoms with Gasteiger partial charge in [0.05, 0.1) is 10.5 Å². The van der Waals surface area contributed by atoms with E-state index in [0.717, 1.165) is 6.26 Å². The zero-order chi connectivity index (χ0) is 16.8. The molecule has 3 amide bonds. The van der Waals surface area contributed by atoms with Crippen LogP contribution in [-0.4, -0.2) is 46.0 Å². The van der Waals surface area contributed by atoms with E-state index in [1.165, 1.54) is 24.3 Å². The summed E-state index contributed by atoms with van der Waals surface area (Å²) in [5.74, 6) is -0.875. The Balaban J connectivity index is 2.57. The van der Waals surface area contributed by atoms with Gasteiger partial charge in [0, 0.05) is 6.26 Å². The van der Waals surface area contributed by atoms with E-state index >= 15 is 0 Å². The number of sulfone groups is 1. The Bertz CT molecular complexity index is 684. The summed E-state index contributed by atoms with van der Waals surface area (Å²) < 4.78 is 32.4.